The van der Waals surface area contributed by atoms with Crippen LogP contribution in [0.25, 0.3) is 0 Å². The quantitative estimate of drug-likeness (QED) is 0.314. The van der Waals surface area contributed by atoms with E-state index in [9.17, 15) is 14.9 Å². The van der Waals surface area contributed by atoms with E-state index >= 15 is 0 Å². The third-order valence-corrected chi connectivity index (χ3v) is 8.80. The van der Waals surface area contributed by atoms with Gasteiger partial charge >= 0.3 is 5.69 Å². The first-order valence-corrected chi connectivity index (χ1v) is 12.9. The fourth-order valence-electron chi connectivity index (χ4n) is 7.41. The molecule has 4 saturated carbocycles. The zero-order chi connectivity index (χ0) is 25.1. The molecule has 3 aromatic rings. The maximum Gasteiger partial charge on any atom is 0.307 e. The molecule has 0 spiro atoms. The van der Waals surface area contributed by atoms with Crippen LogP contribution >= 0.6 is 23.2 Å². The van der Waals surface area contributed by atoms with Gasteiger partial charge in [-0.15, -0.1) is 0 Å². The first kappa shape index (κ1) is 23.5. The smallest absolute Gasteiger partial charge is 0.307 e. The Morgan fingerprint density at radius 2 is 1.97 bits per heavy atom. The molecule has 1 amide bonds. The molecule has 36 heavy (non-hydrogen) atoms. The Morgan fingerprint density at radius 1 is 1.19 bits per heavy atom. The zero-order valence-corrected chi connectivity index (χ0v) is 21.1. The lowest BCUT2D eigenvalue weighted by atomic mass is 9.46. The monoisotopic (exact) mass is 528 g/mol. The molecule has 2 heterocycles. The highest BCUT2D eigenvalue weighted by molar-refractivity contribution is 6.35. The average molecular weight is 529 g/mol. The summed E-state index contributed by atoms with van der Waals surface area (Å²) in [4.78, 5) is 24.0. The largest absolute Gasteiger partial charge is 0.309 e. The topological polar surface area (TPSA) is 108 Å². The Balaban J connectivity index is 1.15. The van der Waals surface area contributed by atoms with Crippen LogP contribution in [0.3, 0.4) is 0 Å². The van der Waals surface area contributed by atoms with E-state index in [0.29, 0.717) is 40.7 Å². The van der Waals surface area contributed by atoms with Crippen LogP contribution in [0, 0.1) is 27.4 Å². The molecule has 4 bridgehead atoms. The Labute approximate surface area is 217 Å². The van der Waals surface area contributed by atoms with Crippen LogP contribution in [0.5, 0.6) is 0 Å². The van der Waals surface area contributed by atoms with Crippen LogP contribution in [0.2, 0.25) is 10.0 Å². The van der Waals surface area contributed by atoms with Gasteiger partial charge in [0.05, 0.1) is 17.0 Å². The van der Waals surface area contributed by atoms with Crippen molar-refractivity contribution in [3.8, 4) is 0 Å². The van der Waals surface area contributed by atoms with Crippen molar-refractivity contribution >= 4 is 40.6 Å². The number of rotatable bonds is 7. The van der Waals surface area contributed by atoms with Gasteiger partial charge in [-0.05, 0) is 73.5 Å². The molecule has 2 aromatic heterocycles. The van der Waals surface area contributed by atoms with Crippen molar-refractivity contribution in [2.45, 2.75) is 57.0 Å². The van der Waals surface area contributed by atoms with Crippen LogP contribution in [-0.4, -0.2) is 30.4 Å². The maximum absolute atomic E-state index is 13.2. The van der Waals surface area contributed by atoms with E-state index in [1.165, 1.54) is 12.6 Å². The van der Waals surface area contributed by atoms with Crippen molar-refractivity contribution in [1.29, 1.82) is 0 Å². The maximum atomic E-state index is 13.2. The van der Waals surface area contributed by atoms with Crippen LogP contribution < -0.4 is 5.32 Å². The minimum Gasteiger partial charge on any atom is -0.309 e. The molecule has 11 heteroatoms. The normalized spacial score (nSPS) is 28.4. The van der Waals surface area contributed by atoms with Gasteiger partial charge in [0.15, 0.2) is 5.82 Å². The third-order valence-electron chi connectivity index (χ3n) is 8.21. The Kier molecular flexibility index (Phi) is 5.60. The molecule has 0 radical (unpaired) electrons. The van der Waals surface area contributed by atoms with Gasteiger partial charge < -0.3 is 5.32 Å². The number of halogens is 2. The molecule has 2 unspecified atom stereocenters. The zero-order valence-electron chi connectivity index (χ0n) is 19.6. The van der Waals surface area contributed by atoms with Gasteiger partial charge in [-0.3, -0.25) is 24.3 Å². The van der Waals surface area contributed by atoms with Crippen LogP contribution in [-0.2, 0) is 16.9 Å². The van der Waals surface area contributed by atoms with Crippen LogP contribution in [0.4, 0.5) is 11.5 Å². The molecule has 188 valence electrons. The number of aromatic nitrogens is 4. The van der Waals surface area contributed by atoms with E-state index < -0.39 is 4.92 Å². The van der Waals surface area contributed by atoms with E-state index in [-0.39, 0.29) is 22.5 Å². The Hall–Kier alpha value is -2.91. The second-order valence-corrected chi connectivity index (χ2v) is 11.8. The van der Waals surface area contributed by atoms with Gasteiger partial charge in [0, 0.05) is 28.7 Å². The summed E-state index contributed by atoms with van der Waals surface area (Å²) in [6, 6.07) is 7.13. The second kappa shape index (κ2) is 8.59. The van der Waals surface area contributed by atoms with Gasteiger partial charge in [0.1, 0.15) is 12.4 Å². The van der Waals surface area contributed by atoms with Crippen molar-refractivity contribution in [2.24, 2.45) is 17.3 Å². The molecule has 1 aromatic carbocycles. The number of nitrogens with zero attached hydrogens (tertiary/aromatic N) is 5. The first-order chi connectivity index (χ1) is 17.2. The number of anilines is 1. The molecule has 4 fully saturated rings. The summed E-state index contributed by atoms with van der Waals surface area (Å²) < 4.78 is 3.56. The Bertz CT molecular complexity index is 1340. The summed E-state index contributed by atoms with van der Waals surface area (Å²) >= 11 is 12.3. The average Bonchev–Trinajstić information content (AvgIpc) is 3.45. The molecule has 0 aliphatic heterocycles. The highest BCUT2D eigenvalue weighted by atomic mass is 35.5. The molecule has 7 rings (SSSR count). The lowest BCUT2D eigenvalue weighted by molar-refractivity contribution is -0.385. The van der Waals surface area contributed by atoms with Gasteiger partial charge in [-0.1, -0.05) is 29.3 Å². The fraction of sp³-hybridized carbons (Fsp3) is 0.480. The molecule has 4 aliphatic rings. The van der Waals surface area contributed by atoms with Crippen molar-refractivity contribution in [1.82, 2.24) is 19.6 Å². The second-order valence-electron chi connectivity index (χ2n) is 10.9. The highest BCUT2D eigenvalue weighted by Crippen LogP contribution is 2.65. The Morgan fingerprint density at radius 3 is 2.67 bits per heavy atom. The van der Waals surface area contributed by atoms with E-state index in [0.717, 1.165) is 37.7 Å². The van der Waals surface area contributed by atoms with E-state index in [1.807, 2.05) is 16.9 Å². The van der Waals surface area contributed by atoms with Crippen molar-refractivity contribution in [2.75, 3.05) is 5.32 Å². The number of nitrogens with one attached hydrogen (secondary N) is 1. The van der Waals surface area contributed by atoms with Gasteiger partial charge in [-0.25, -0.2) is 0 Å². The lowest BCUT2D eigenvalue weighted by Gasteiger charge is -2.61. The third kappa shape index (κ3) is 4.28. The van der Waals surface area contributed by atoms with Crippen molar-refractivity contribution in [3.63, 3.8) is 0 Å². The SMILES string of the molecule is O=C(CC12CC3CC(C1)CC(n1cc([N+](=O)[O-])cn1)(C3)C2)Nc1ccn(Cc2ccc(Cl)cc2Cl)n1. The number of carbonyl (C=O) groups is 1. The highest BCUT2D eigenvalue weighted by Gasteiger charge is 2.59. The lowest BCUT2D eigenvalue weighted by Crippen LogP contribution is -2.57. The van der Waals surface area contributed by atoms with E-state index in [4.69, 9.17) is 23.2 Å². The van der Waals surface area contributed by atoms with Gasteiger partial charge in [-0.2, -0.15) is 10.2 Å². The first-order valence-electron chi connectivity index (χ1n) is 12.2. The van der Waals surface area contributed by atoms with Crippen LogP contribution in [0.15, 0.2) is 42.9 Å². The van der Waals surface area contributed by atoms with E-state index in [2.05, 4.69) is 15.5 Å². The number of amides is 1. The fourth-order valence-corrected chi connectivity index (χ4v) is 7.88. The van der Waals surface area contributed by atoms with Crippen molar-refractivity contribution in [3.05, 3.63) is 68.6 Å². The van der Waals surface area contributed by atoms with Crippen LogP contribution in [0.1, 0.15) is 50.5 Å². The number of hydrogen-bond acceptors (Lipinski definition) is 5. The summed E-state index contributed by atoms with van der Waals surface area (Å²) in [5, 5.41) is 24.3. The summed E-state index contributed by atoms with van der Waals surface area (Å²) in [5.74, 6) is 1.50. The summed E-state index contributed by atoms with van der Waals surface area (Å²) in [6.07, 6.45) is 11.1. The minimum absolute atomic E-state index is 0.0213. The summed E-state index contributed by atoms with van der Waals surface area (Å²) in [5.41, 5.74) is 0.555. The van der Waals surface area contributed by atoms with Gasteiger partial charge in [0.2, 0.25) is 5.91 Å². The van der Waals surface area contributed by atoms with E-state index in [1.54, 1.807) is 29.1 Å². The molecular formula is C25H26Cl2N6O3. The number of hydrogen-bond donors (Lipinski definition) is 1. The number of nitro groups is 1. The molecule has 4 aliphatic carbocycles. The van der Waals surface area contributed by atoms with Crippen molar-refractivity contribution < 1.29 is 9.72 Å². The molecule has 1 N–H and O–H groups in total. The van der Waals surface area contributed by atoms with Gasteiger partial charge in [0.25, 0.3) is 0 Å². The number of carbonyl (C=O) groups excluding carboxylic acids is 1. The molecule has 9 nitrogen and oxygen atoms in total. The number of benzene rings is 1. The summed E-state index contributed by atoms with van der Waals surface area (Å²) in [7, 11) is 0. The minimum atomic E-state index is -0.396. The predicted molar refractivity (Wildman–Crippen MR) is 135 cm³/mol. The molecule has 2 atom stereocenters. The summed E-state index contributed by atoms with van der Waals surface area (Å²) in [6.45, 7) is 0.470. The predicted octanol–water partition coefficient (Wildman–Crippen LogP) is 5.67. The standard InChI is InChI=1S/C25H26Cl2N6O3/c26-19-2-1-18(21(27)6-19)13-31-4-3-22(30-31)29-23(34)11-24-7-16-5-17(8-24)10-25(9-16,15-24)32-14-20(12-28-32)33(35)36/h1-4,6,12,14,16-17H,5,7-11,13,15H2,(H,29,30,34). The molecule has 0 saturated heterocycles. The molecular weight excluding hydrogens is 503 g/mol.